The lowest BCUT2D eigenvalue weighted by Crippen LogP contribution is -2.21. The summed E-state index contributed by atoms with van der Waals surface area (Å²) in [6, 6.07) is 15.7. The Morgan fingerprint density at radius 2 is 1.69 bits per heavy atom. The number of hydrogen-bond acceptors (Lipinski definition) is 5. The van der Waals surface area contributed by atoms with E-state index in [9.17, 15) is 14.7 Å². The number of carboxylic acids is 1. The molecule has 2 N–H and O–H groups in total. The number of aliphatic carboxylic acids is 1. The van der Waals surface area contributed by atoms with Crippen LogP contribution < -0.4 is 5.32 Å². The fourth-order valence-corrected chi connectivity index (χ4v) is 5.70. The minimum absolute atomic E-state index is 0.365. The first-order valence-corrected chi connectivity index (χ1v) is 12.8. The first kappa shape index (κ1) is 23.6. The van der Waals surface area contributed by atoms with Crippen molar-refractivity contribution >= 4 is 40.9 Å². The molecule has 1 fully saturated rings. The number of hydrogen-bond donors (Lipinski definition) is 2. The van der Waals surface area contributed by atoms with E-state index >= 15 is 0 Å². The summed E-state index contributed by atoms with van der Waals surface area (Å²) in [6.07, 6.45) is 4.80. The van der Waals surface area contributed by atoms with Crippen LogP contribution in [0, 0.1) is 0 Å². The van der Waals surface area contributed by atoms with Gasteiger partial charge < -0.3 is 9.84 Å². The predicted octanol–water partition coefficient (Wildman–Crippen LogP) is 7.21. The molecule has 1 heterocycles. The van der Waals surface area contributed by atoms with E-state index in [0.717, 1.165) is 57.0 Å². The molecule has 1 unspecified atom stereocenters. The smallest absolute Gasteiger partial charge is 0.412 e. The lowest BCUT2D eigenvalue weighted by molar-refractivity contribution is -0.140. The van der Waals surface area contributed by atoms with E-state index in [-0.39, 0.29) is 6.10 Å². The van der Waals surface area contributed by atoms with E-state index in [0.29, 0.717) is 18.5 Å². The molecule has 2 aliphatic rings. The zero-order chi connectivity index (χ0) is 24.6. The molecule has 1 atom stereocenters. The zero-order valence-corrected chi connectivity index (χ0v) is 20.8. The molecule has 0 aliphatic heterocycles. The lowest BCUT2D eigenvalue weighted by Gasteiger charge is -2.15. The number of carbonyl (C=O) groups is 2. The van der Waals surface area contributed by atoms with E-state index in [4.69, 9.17) is 16.3 Å². The van der Waals surface area contributed by atoms with Crippen LogP contribution in [0.3, 0.4) is 0 Å². The third-order valence-corrected chi connectivity index (χ3v) is 8.13. The number of allylic oxidation sites excluding steroid dienone is 1. The highest BCUT2D eigenvalue weighted by molar-refractivity contribution is 7.10. The van der Waals surface area contributed by atoms with Crippen LogP contribution in [0.1, 0.15) is 44.6 Å². The number of carboxylic acid groups (broad SMARTS) is 1. The van der Waals surface area contributed by atoms with Gasteiger partial charge in [0.05, 0.1) is 22.2 Å². The number of amides is 1. The van der Waals surface area contributed by atoms with Crippen molar-refractivity contribution in [1.29, 1.82) is 0 Å². The van der Waals surface area contributed by atoms with E-state index in [1.165, 1.54) is 11.5 Å². The maximum Gasteiger partial charge on any atom is 0.412 e. The monoisotopic (exact) mass is 508 g/mol. The van der Waals surface area contributed by atoms with E-state index < -0.39 is 17.5 Å². The molecule has 1 saturated carbocycles. The molecule has 0 saturated heterocycles. The number of aromatic nitrogens is 1. The van der Waals surface area contributed by atoms with Crippen molar-refractivity contribution in [2.75, 3.05) is 5.32 Å². The number of ether oxygens (including phenoxy) is 1. The Morgan fingerprint density at radius 3 is 2.26 bits per heavy atom. The van der Waals surface area contributed by atoms with Crippen molar-refractivity contribution in [3.05, 3.63) is 70.9 Å². The van der Waals surface area contributed by atoms with Crippen molar-refractivity contribution in [3.8, 4) is 21.6 Å². The zero-order valence-electron chi connectivity index (χ0n) is 19.2. The number of benzene rings is 2. The second kappa shape index (κ2) is 9.47. The van der Waals surface area contributed by atoms with Crippen LogP contribution in [0.2, 0.25) is 0 Å². The molecule has 0 radical (unpaired) electrons. The van der Waals surface area contributed by atoms with Crippen molar-refractivity contribution in [1.82, 2.24) is 4.37 Å². The van der Waals surface area contributed by atoms with Gasteiger partial charge in [-0.1, -0.05) is 60.1 Å². The maximum atomic E-state index is 12.5. The largest absolute Gasteiger partial charge is 0.481 e. The van der Waals surface area contributed by atoms with E-state index in [2.05, 4.69) is 9.69 Å². The summed E-state index contributed by atoms with van der Waals surface area (Å²) in [5.74, 6) is -0.749. The number of anilines is 1. The fraction of sp³-hybridized carbons (Fsp3) is 0.296. The van der Waals surface area contributed by atoms with Crippen LogP contribution in [0.15, 0.2) is 65.3 Å². The van der Waals surface area contributed by atoms with Crippen molar-refractivity contribution < 1.29 is 19.4 Å². The molecule has 6 nitrogen and oxygen atoms in total. The summed E-state index contributed by atoms with van der Waals surface area (Å²) in [7, 11) is 0. The van der Waals surface area contributed by atoms with Crippen LogP contribution >= 0.6 is 23.1 Å². The molecule has 8 heteroatoms. The van der Waals surface area contributed by atoms with Gasteiger partial charge in [-0.3, -0.25) is 10.1 Å². The van der Waals surface area contributed by atoms with Gasteiger partial charge >= 0.3 is 12.1 Å². The third-order valence-electron chi connectivity index (χ3n) is 6.85. The molecule has 2 aliphatic carbocycles. The van der Waals surface area contributed by atoms with E-state index in [1.54, 1.807) is 6.20 Å². The minimum Gasteiger partial charge on any atom is -0.481 e. The summed E-state index contributed by atoms with van der Waals surface area (Å²) < 4.78 is 9.79. The minimum atomic E-state index is -0.749. The molecule has 0 bridgehead atoms. The Kier molecular flexibility index (Phi) is 6.38. The predicted molar refractivity (Wildman–Crippen MR) is 138 cm³/mol. The number of halogens is 1. The average molecular weight is 509 g/mol. The highest BCUT2D eigenvalue weighted by atomic mass is 35.5. The molecule has 0 spiro atoms. The molecular weight excluding hydrogens is 484 g/mol. The van der Waals surface area contributed by atoms with Crippen molar-refractivity contribution in [2.45, 2.75) is 50.5 Å². The van der Waals surface area contributed by atoms with Crippen LogP contribution in [0.25, 0.3) is 21.6 Å². The SMILES string of the molecule is CC(OC(=O)Nc1cnsc1-c1ccc(-c2ccc(C3(C(=O)O)CC3)cc2)cc1)C1=C(Cl)CCC1. The Bertz CT molecular complexity index is 1290. The number of nitrogens with one attached hydrogen (secondary N) is 1. The van der Waals surface area contributed by atoms with Gasteiger partial charge in [0.25, 0.3) is 0 Å². The first-order valence-electron chi connectivity index (χ1n) is 11.6. The summed E-state index contributed by atoms with van der Waals surface area (Å²) in [4.78, 5) is 24.9. The molecule has 1 aromatic heterocycles. The Morgan fingerprint density at radius 1 is 1.06 bits per heavy atom. The first-order chi connectivity index (χ1) is 16.9. The Balaban J connectivity index is 1.27. The Labute approximate surface area is 212 Å². The van der Waals surface area contributed by atoms with Gasteiger partial charge in [-0.25, -0.2) is 4.79 Å². The third kappa shape index (κ3) is 4.70. The number of nitrogens with zero attached hydrogens (tertiary/aromatic N) is 1. The molecule has 5 rings (SSSR count). The Hall–Kier alpha value is -3.16. The van der Waals surface area contributed by atoms with Gasteiger partial charge in [0.2, 0.25) is 0 Å². The van der Waals surface area contributed by atoms with Gasteiger partial charge in [0.1, 0.15) is 6.10 Å². The average Bonchev–Trinajstić information content (AvgIpc) is 3.36. The molecular formula is C27H25ClN2O4S. The highest BCUT2D eigenvalue weighted by Crippen LogP contribution is 2.48. The standard InChI is InChI=1S/C27H25ClN2O4S/c1-16(21-3-2-4-22(21)28)34-26(33)30-23-15-29-35-24(23)19-7-5-17(6-8-19)18-9-11-20(12-10-18)27(13-14-27)25(31)32/h5-12,15-16H,2-4,13-14H2,1H3,(H,30,33)(H,31,32). The van der Waals surface area contributed by atoms with Crippen LogP contribution in [0.5, 0.6) is 0 Å². The van der Waals surface area contributed by atoms with Gasteiger partial charge in [-0.15, -0.1) is 0 Å². The lowest BCUT2D eigenvalue weighted by atomic mass is 9.93. The van der Waals surface area contributed by atoms with Crippen molar-refractivity contribution in [2.24, 2.45) is 0 Å². The van der Waals surface area contributed by atoms with Gasteiger partial charge in [-0.2, -0.15) is 4.37 Å². The summed E-state index contributed by atoms with van der Waals surface area (Å²) >= 11 is 7.54. The molecule has 35 heavy (non-hydrogen) atoms. The summed E-state index contributed by atoms with van der Waals surface area (Å²) in [5.41, 5.74) is 4.72. The van der Waals surface area contributed by atoms with Crippen LogP contribution in [-0.4, -0.2) is 27.6 Å². The molecule has 180 valence electrons. The van der Waals surface area contributed by atoms with Crippen LogP contribution in [0.4, 0.5) is 10.5 Å². The normalized spacial score (nSPS) is 17.2. The fourth-order valence-electron chi connectivity index (χ4n) is 4.61. The van der Waals surface area contributed by atoms with Crippen LogP contribution in [-0.2, 0) is 14.9 Å². The highest BCUT2D eigenvalue weighted by Gasteiger charge is 2.51. The van der Waals surface area contributed by atoms with Gasteiger partial charge in [-0.05, 0) is 78.4 Å². The van der Waals surface area contributed by atoms with Crippen molar-refractivity contribution in [3.63, 3.8) is 0 Å². The molecule has 2 aromatic carbocycles. The number of carbonyl (C=O) groups excluding carboxylic acids is 1. The van der Waals surface area contributed by atoms with Gasteiger partial charge in [0.15, 0.2) is 0 Å². The van der Waals surface area contributed by atoms with E-state index in [1.807, 2.05) is 55.5 Å². The van der Waals surface area contributed by atoms with Gasteiger partial charge in [0, 0.05) is 5.03 Å². The summed E-state index contributed by atoms with van der Waals surface area (Å²) in [6.45, 7) is 1.84. The quantitative estimate of drug-likeness (QED) is 0.352. The topological polar surface area (TPSA) is 88.5 Å². The second-order valence-electron chi connectivity index (χ2n) is 9.07. The summed E-state index contributed by atoms with van der Waals surface area (Å²) in [5, 5.41) is 13.1. The molecule has 1 amide bonds. The molecule has 3 aromatic rings. The second-order valence-corrected chi connectivity index (χ2v) is 10.3. The maximum absolute atomic E-state index is 12.5. The number of rotatable bonds is 7.